The molecule has 1 aromatic carbocycles. The molecule has 140 valence electrons. The number of benzene rings is 1. The van der Waals surface area contributed by atoms with Gasteiger partial charge in [0.05, 0.1) is 12.2 Å². The van der Waals surface area contributed by atoms with E-state index in [-0.39, 0.29) is 18.6 Å². The van der Waals surface area contributed by atoms with Gasteiger partial charge in [0.1, 0.15) is 0 Å². The molecule has 0 unspecified atom stereocenters. The summed E-state index contributed by atoms with van der Waals surface area (Å²) in [7, 11) is 0. The van der Waals surface area contributed by atoms with E-state index in [0.717, 1.165) is 37.5 Å². The van der Waals surface area contributed by atoms with Crippen LogP contribution in [0.5, 0.6) is 0 Å². The lowest BCUT2D eigenvalue weighted by Gasteiger charge is -2.31. The summed E-state index contributed by atoms with van der Waals surface area (Å²) < 4.78 is 1.80. The zero-order valence-electron chi connectivity index (χ0n) is 14.6. The van der Waals surface area contributed by atoms with E-state index in [4.69, 9.17) is 16.7 Å². The molecule has 1 amide bonds. The van der Waals surface area contributed by atoms with Crippen LogP contribution in [0.2, 0.25) is 5.02 Å². The number of halogens is 1. The first-order chi connectivity index (χ1) is 12.7. The van der Waals surface area contributed by atoms with Crippen LogP contribution < -0.4 is 5.32 Å². The van der Waals surface area contributed by atoms with Gasteiger partial charge in [0, 0.05) is 37.8 Å². The van der Waals surface area contributed by atoms with Gasteiger partial charge < -0.3 is 10.4 Å². The van der Waals surface area contributed by atoms with Crippen molar-refractivity contribution in [2.24, 2.45) is 0 Å². The molecule has 0 spiro atoms. The highest BCUT2D eigenvalue weighted by Crippen LogP contribution is 2.23. The van der Waals surface area contributed by atoms with Crippen LogP contribution in [0.15, 0.2) is 30.5 Å². The maximum atomic E-state index is 12.0. The zero-order valence-corrected chi connectivity index (χ0v) is 15.4. The standard InChI is InChI=1S/C18H24ClN5O2/c19-15-4-1-3-14(11-15)12-23-8-5-16(6-9-23)24-13-17(21-22-24)18(26)20-7-2-10-25/h1,3-4,11,13,16,25H,2,5-10,12H2,(H,20,26). The van der Waals surface area contributed by atoms with Crippen LogP contribution in [0.3, 0.4) is 0 Å². The van der Waals surface area contributed by atoms with E-state index in [1.807, 2.05) is 18.2 Å². The van der Waals surface area contributed by atoms with Gasteiger partial charge in [-0.2, -0.15) is 0 Å². The predicted octanol–water partition coefficient (Wildman–Crippen LogP) is 1.88. The summed E-state index contributed by atoms with van der Waals surface area (Å²) in [5.74, 6) is -0.247. The molecule has 26 heavy (non-hydrogen) atoms. The molecular weight excluding hydrogens is 354 g/mol. The van der Waals surface area contributed by atoms with Gasteiger partial charge >= 0.3 is 0 Å². The van der Waals surface area contributed by atoms with Gasteiger partial charge in [0.15, 0.2) is 5.69 Å². The third-order valence-corrected chi connectivity index (χ3v) is 4.82. The van der Waals surface area contributed by atoms with Gasteiger partial charge in [-0.3, -0.25) is 9.69 Å². The first kappa shape index (κ1) is 18.8. The second kappa shape index (κ2) is 9.12. The quantitative estimate of drug-likeness (QED) is 0.720. The number of rotatable bonds is 7. The van der Waals surface area contributed by atoms with Crippen LogP contribution in [-0.2, 0) is 6.54 Å². The summed E-state index contributed by atoms with van der Waals surface area (Å²) in [6.45, 7) is 3.32. The second-order valence-corrected chi connectivity index (χ2v) is 6.99. The normalized spacial score (nSPS) is 15.9. The predicted molar refractivity (Wildman–Crippen MR) is 99.1 cm³/mol. The van der Waals surface area contributed by atoms with Crippen LogP contribution in [0.1, 0.15) is 41.4 Å². The number of nitrogens with one attached hydrogen (secondary N) is 1. The number of hydrogen-bond donors (Lipinski definition) is 2. The van der Waals surface area contributed by atoms with Crippen LogP contribution in [0, 0.1) is 0 Å². The average Bonchev–Trinajstić information content (AvgIpc) is 3.13. The molecule has 2 aromatic rings. The molecule has 2 N–H and O–H groups in total. The van der Waals surface area contributed by atoms with Gasteiger partial charge in [0.25, 0.3) is 5.91 Å². The topological polar surface area (TPSA) is 83.3 Å². The molecule has 0 radical (unpaired) electrons. The summed E-state index contributed by atoms with van der Waals surface area (Å²) in [4.78, 5) is 14.4. The van der Waals surface area contributed by atoms with Gasteiger partial charge in [-0.1, -0.05) is 28.9 Å². The highest BCUT2D eigenvalue weighted by Gasteiger charge is 2.22. The number of likely N-dealkylation sites (tertiary alicyclic amines) is 1. The van der Waals surface area contributed by atoms with E-state index in [1.165, 1.54) is 5.56 Å². The van der Waals surface area contributed by atoms with Crippen molar-refractivity contribution in [3.8, 4) is 0 Å². The number of piperidine rings is 1. The minimum absolute atomic E-state index is 0.0563. The summed E-state index contributed by atoms with van der Waals surface area (Å²) in [5.41, 5.74) is 1.54. The molecule has 1 aliphatic rings. The molecular formula is C18H24ClN5O2. The molecule has 7 nitrogen and oxygen atoms in total. The summed E-state index contributed by atoms with van der Waals surface area (Å²) in [6, 6.07) is 8.23. The van der Waals surface area contributed by atoms with E-state index in [2.05, 4.69) is 26.6 Å². The van der Waals surface area contributed by atoms with E-state index in [9.17, 15) is 4.79 Å². The highest BCUT2D eigenvalue weighted by atomic mass is 35.5. The van der Waals surface area contributed by atoms with Gasteiger partial charge in [-0.15, -0.1) is 5.10 Å². The smallest absolute Gasteiger partial charge is 0.273 e. The third kappa shape index (κ3) is 5.03. The maximum absolute atomic E-state index is 12.0. The van der Waals surface area contributed by atoms with E-state index < -0.39 is 0 Å². The molecule has 0 saturated carbocycles. The van der Waals surface area contributed by atoms with Crippen molar-refractivity contribution >= 4 is 17.5 Å². The van der Waals surface area contributed by atoms with E-state index in [0.29, 0.717) is 18.7 Å². The number of aliphatic hydroxyl groups excluding tert-OH is 1. The van der Waals surface area contributed by atoms with Crippen molar-refractivity contribution in [1.29, 1.82) is 0 Å². The minimum Gasteiger partial charge on any atom is -0.396 e. The lowest BCUT2D eigenvalue weighted by Crippen LogP contribution is -2.34. The molecule has 1 saturated heterocycles. The minimum atomic E-state index is -0.247. The molecule has 0 atom stereocenters. The van der Waals surface area contributed by atoms with Crippen molar-refractivity contribution in [3.63, 3.8) is 0 Å². The fourth-order valence-electron chi connectivity index (χ4n) is 3.17. The lowest BCUT2D eigenvalue weighted by atomic mass is 10.0. The van der Waals surface area contributed by atoms with E-state index >= 15 is 0 Å². The Kier molecular flexibility index (Phi) is 6.60. The van der Waals surface area contributed by atoms with Crippen LogP contribution >= 0.6 is 11.6 Å². The Morgan fingerprint density at radius 1 is 1.35 bits per heavy atom. The number of hydrogen-bond acceptors (Lipinski definition) is 5. The summed E-state index contributed by atoms with van der Waals surface area (Å²) >= 11 is 6.05. The Labute approximate surface area is 157 Å². The SMILES string of the molecule is O=C(NCCCO)c1cn(C2CCN(Cc3cccc(Cl)c3)CC2)nn1. The van der Waals surface area contributed by atoms with Gasteiger partial charge in [-0.05, 0) is 37.0 Å². The molecule has 1 aliphatic heterocycles. The Hall–Kier alpha value is -1.96. The largest absolute Gasteiger partial charge is 0.396 e. The third-order valence-electron chi connectivity index (χ3n) is 4.59. The fraction of sp³-hybridized carbons (Fsp3) is 0.500. The number of nitrogens with zero attached hydrogens (tertiary/aromatic N) is 4. The van der Waals surface area contributed by atoms with Gasteiger partial charge in [0.2, 0.25) is 0 Å². The number of carbonyl (C=O) groups excluding carboxylic acids is 1. The Bertz CT molecular complexity index is 728. The van der Waals surface area contributed by atoms with Crippen molar-refractivity contribution in [1.82, 2.24) is 25.2 Å². The first-order valence-electron chi connectivity index (χ1n) is 8.93. The van der Waals surface area contributed by atoms with Crippen molar-refractivity contribution in [2.45, 2.75) is 31.8 Å². The fourth-order valence-corrected chi connectivity index (χ4v) is 3.38. The number of aliphatic hydroxyl groups is 1. The average molecular weight is 378 g/mol. The zero-order chi connectivity index (χ0) is 18.4. The molecule has 8 heteroatoms. The molecule has 0 bridgehead atoms. The summed E-state index contributed by atoms with van der Waals surface area (Å²) in [5, 5.41) is 20.4. The van der Waals surface area contributed by atoms with Crippen molar-refractivity contribution in [2.75, 3.05) is 26.2 Å². The molecule has 2 heterocycles. The molecule has 3 rings (SSSR count). The monoisotopic (exact) mass is 377 g/mol. The maximum Gasteiger partial charge on any atom is 0.273 e. The molecule has 1 fully saturated rings. The summed E-state index contributed by atoms with van der Waals surface area (Å²) in [6.07, 6.45) is 4.18. The lowest BCUT2D eigenvalue weighted by molar-refractivity contribution is 0.0946. The Balaban J connectivity index is 1.49. The molecule has 0 aliphatic carbocycles. The Morgan fingerprint density at radius 2 is 2.15 bits per heavy atom. The number of amides is 1. The first-order valence-corrected chi connectivity index (χ1v) is 9.31. The number of carbonyl (C=O) groups is 1. The van der Waals surface area contributed by atoms with Crippen molar-refractivity contribution < 1.29 is 9.90 Å². The highest BCUT2D eigenvalue weighted by molar-refractivity contribution is 6.30. The van der Waals surface area contributed by atoms with Crippen molar-refractivity contribution in [3.05, 3.63) is 46.7 Å². The van der Waals surface area contributed by atoms with Crippen LogP contribution in [0.25, 0.3) is 0 Å². The Morgan fingerprint density at radius 3 is 2.88 bits per heavy atom. The van der Waals surface area contributed by atoms with Gasteiger partial charge in [-0.25, -0.2) is 4.68 Å². The van der Waals surface area contributed by atoms with E-state index in [1.54, 1.807) is 10.9 Å². The second-order valence-electron chi connectivity index (χ2n) is 6.55. The van der Waals surface area contributed by atoms with Crippen LogP contribution in [0.4, 0.5) is 0 Å². The molecule has 1 aromatic heterocycles. The number of aromatic nitrogens is 3. The van der Waals surface area contributed by atoms with Crippen LogP contribution in [-0.4, -0.2) is 57.1 Å².